The number of nitrogens with one attached hydrogen (secondary N) is 2. The van der Waals surface area contributed by atoms with E-state index in [0.717, 1.165) is 17.1 Å². The molecule has 0 saturated heterocycles. The highest BCUT2D eigenvalue weighted by Crippen LogP contribution is 2.16. The maximum absolute atomic E-state index is 11.4. The van der Waals surface area contributed by atoms with E-state index >= 15 is 0 Å². The summed E-state index contributed by atoms with van der Waals surface area (Å²) < 4.78 is 10.0. The van der Waals surface area contributed by atoms with Crippen LogP contribution in [0.15, 0.2) is 48.5 Å². The van der Waals surface area contributed by atoms with Crippen LogP contribution in [0.5, 0.6) is 5.75 Å². The molecule has 2 N–H and O–H groups in total. The summed E-state index contributed by atoms with van der Waals surface area (Å²) in [6.07, 6.45) is 0. The first-order chi connectivity index (χ1) is 11.1. The minimum atomic E-state index is -0.369. The molecular formula is C17H18N2O3S. The number of benzene rings is 2. The Hall–Kier alpha value is -2.60. The Morgan fingerprint density at radius 2 is 1.52 bits per heavy atom. The molecule has 0 aliphatic carbocycles. The van der Waals surface area contributed by atoms with Crippen LogP contribution in [0.4, 0.5) is 11.4 Å². The summed E-state index contributed by atoms with van der Waals surface area (Å²) in [5, 5.41) is 6.59. The molecule has 0 aliphatic heterocycles. The van der Waals surface area contributed by atoms with Crippen molar-refractivity contribution < 1.29 is 14.3 Å². The molecule has 2 rings (SSSR count). The van der Waals surface area contributed by atoms with Gasteiger partial charge in [0.1, 0.15) is 5.75 Å². The van der Waals surface area contributed by atoms with Crippen LogP contribution in [0.25, 0.3) is 0 Å². The lowest BCUT2D eigenvalue weighted by atomic mass is 10.2. The molecule has 0 aliphatic rings. The normalized spacial score (nSPS) is 9.83. The quantitative estimate of drug-likeness (QED) is 0.644. The molecule has 0 atom stereocenters. The summed E-state index contributed by atoms with van der Waals surface area (Å²) in [6, 6.07) is 14.4. The molecule has 0 radical (unpaired) electrons. The molecule has 0 fully saturated rings. The van der Waals surface area contributed by atoms with E-state index in [-0.39, 0.29) is 5.97 Å². The largest absolute Gasteiger partial charge is 0.494 e. The summed E-state index contributed by atoms with van der Waals surface area (Å²) in [5.74, 6) is 0.446. The molecule has 0 heterocycles. The fraction of sp³-hybridized carbons (Fsp3) is 0.176. The fourth-order valence-electron chi connectivity index (χ4n) is 1.90. The highest BCUT2D eigenvalue weighted by atomic mass is 32.1. The summed E-state index contributed by atoms with van der Waals surface area (Å²) in [7, 11) is 1.35. The lowest BCUT2D eigenvalue weighted by Crippen LogP contribution is -2.19. The smallest absolute Gasteiger partial charge is 0.337 e. The Kier molecular flexibility index (Phi) is 5.94. The third kappa shape index (κ3) is 4.96. The molecule has 2 aromatic carbocycles. The van der Waals surface area contributed by atoms with Crippen LogP contribution >= 0.6 is 12.2 Å². The third-order valence-electron chi connectivity index (χ3n) is 2.99. The van der Waals surface area contributed by atoms with Gasteiger partial charge in [-0.3, -0.25) is 0 Å². The van der Waals surface area contributed by atoms with Crippen LogP contribution in [0.1, 0.15) is 17.3 Å². The average Bonchev–Trinajstić information content (AvgIpc) is 2.57. The van der Waals surface area contributed by atoms with Crippen LogP contribution in [-0.4, -0.2) is 24.8 Å². The number of hydrogen-bond donors (Lipinski definition) is 2. The van der Waals surface area contributed by atoms with Gasteiger partial charge >= 0.3 is 5.97 Å². The maximum atomic E-state index is 11.4. The Morgan fingerprint density at radius 1 is 1.00 bits per heavy atom. The van der Waals surface area contributed by atoms with Crippen molar-refractivity contribution in [2.24, 2.45) is 0 Å². The van der Waals surface area contributed by atoms with Crippen molar-refractivity contribution in [3.63, 3.8) is 0 Å². The number of carbonyl (C=O) groups excluding carboxylic acids is 1. The zero-order valence-electron chi connectivity index (χ0n) is 13.0. The molecule has 0 saturated carbocycles. The Morgan fingerprint density at radius 3 is 2.00 bits per heavy atom. The number of esters is 1. The van der Waals surface area contributed by atoms with Crippen molar-refractivity contribution in [3.8, 4) is 5.75 Å². The van der Waals surface area contributed by atoms with Crippen molar-refractivity contribution in [2.75, 3.05) is 24.4 Å². The maximum Gasteiger partial charge on any atom is 0.337 e. The standard InChI is InChI=1S/C17H18N2O3S/c1-3-22-15-10-8-14(9-11-15)19-17(23)18-13-6-4-12(5-7-13)16(20)21-2/h4-11H,3H2,1-2H3,(H2,18,19,23). The summed E-state index contributed by atoms with van der Waals surface area (Å²) >= 11 is 5.26. The number of thiocarbonyl (C=S) groups is 1. The zero-order valence-corrected chi connectivity index (χ0v) is 13.8. The second-order valence-electron chi connectivity index (χ2n) is 4.61. The molecule has 0 amide bonds. The highest BCUT2D eigenvalue weighted by Gasteiger charge is 2.05. The van der Waals surface area contributed by atoms with Gasteiger partial charge in [-0.05, 0) is 67.7 Å². The molecule has 0 unspecified atom stereocenters. The average molecular weight is 330 g/mol. The van der Waals surface area contributed by atoms with E-state index in [4.69, 9.17) is 17.0 Å². The predicted molar refractivity (Wildman–Crippen MR) is 95.2 cm³/mol. The molecule has 0 bridgehead atoms. The van der Waals surface area contributed by atoms with E-state index in [1.807, 2.05) is 31.2 Å². The topological polar surface area (TPSA) is 59.6 Å². The van der Waals surface area contributed by atoms with Crippen LogP contribution in [0.3, 0.4) is 0 Å². The van der Waals surface area contributed by atoms with Gasteiger partial charge in [0.25, 0.3) is 0 Å². The van der Waals surface area contributed by atoms with Crippen molar-refractivity contribution in [1.29, 1.82) is 0 Å². The molecular weight excluding hydrogens is 312 g/mol. The Labute approximate surface area is 140 Å². The molecule has 2 aromatic rings. The van der Waals surface area contributed by atoms with E-state index in [1.165, 1.54) is 7.11 Å². The van der Waals surface area contributed by atoms with Gasteiger partial charge in [-0.2, -0.15) is 0 Å². The van der Waals surface area contributed by atoms with Gasteiger partial charge in [-0.15, -0.1) is 0 Å². The van der Waals surface area contributed by atoms with Crippen molar-refractivity contribution in [2.45, 2.75) is 6.92 Å². The van der Waals surface area contributed by atoms with Gasteiger partial charge < -0.3 is 20.1 Å². The molecule has 6 heteroatoms. The SMILES string of the molecule is CCOc1ccc(NC(=S)Nc2ccc(C(=O)OC)cc2)cc1. The van der Waals surface area contributed by atoms with Gasteiger partial charge in [-0.25, -0.2) is 4.79 Å². The van der Waals surface area contributed by atoms with E-state index in [1.54, 1.807) is 24.3 Å². The molecule has 5 nitrogen and oxygen atoms in total. The lowest BCUT2D eigenvalue weighted by molar-refractivity contribution is 0.0601. The second kappa shape index (κ2) is 8.14. The molecule has 23 heavy (non-hydrogen) atoms. The first-order valence-corrected chi connectivity index (χ1v) is 7.52. The third-order valence-corrected chi connectivity index (χ3v) is 3.19. The van der Waals surface area contributed by atoms with Gasteiger partial charge in [-0.1, -0.05) is 0 Å². The van der Waals surface area contributed by atoms with Crippen LogP contribution < -0.4 is 15.4 Å². The summed E-state index contributed by atoms with van der Waals surface area (Å²) in [4.78, 5) is 11.4. The molecule has 120 valence electrons. The van der Waals surface area contributed by atoms with E-state index in [9.17, 15) is 4.79 Å². The Bertz CT molecular complexity index is 669. The predicted octanol–water partition coefficient (Wildman–Crippen LogP) is 3.68. The fourth-order valence-corrected chi connectivity index (χ4v) is 2.14. The number of methoxy groups -OCH3 is 1. The van der Waals surface area contributed by atoms with Crippen LogP contribution in [-0.2, 0) is 4.74 Å². The van der Waals surface area contributed by atoms with Crippen molar-refractivity contribution in [3.05, 3.63) is 54.1 Å². The van der Waals surface area contributed by atoms with Crippen LogP contribution in [0.2, 0.25) is 0 Å². The van der Waals surface area contributed by atoms with Gasteiger partial charge in [0, 0.05) is 11.4 Å². The number of anilines is 2. The van der Waals surface area contributed by atoms with E-state index in [0.29, 0.717) is 17.3 Å². The number of ether oxygens (including phenoxy) is 2. The summed E-state index contributed by atoms with van der Waals surface area (Å²) in [6.45, 7) is 2.57. The van der Waals surface area contributed by atoms with Gasteiger partial charge in [0.15, 0.2) is 5.11 Å². The number of rotatable bonds is 5. The number of hydrogen-bond acceptors (Lipinski definition) is 4. The highest BCUT2D eigenvalue weighted by molar-refractivity contribution is 7.80. The van der Waals surface area contributed by atoms with Gasteiger partial charge in [0.2, 0.25) is 0 Å². The second-order valence-corrected chi connectivity index (χ2v) is 5.01. The van der Waals surface area contributed by atoms with Crippen LogP contribution in [0, 0.1) is 0 Å². The first kappa shape index (κ1) is 16.8. The summed E-state index contributed by atoms with van der Waals surface area (Å²) in [5.41, 5.74) is 2.13. The Balaban J connectivity index is 1.92. The minimum absolute atomic E-state index is 0.369. The molecule has 0 aromatic heterocycles. The molecule has 0 spiro atoms. The minimum Gasteiger partial charge on any atom is -0.494 e. The van der Waals surface area contributed by atoms with E-state index in [2.05, 4.69) is 15.4 Å². The number of carbonyl (C=O) groups is 1. The lowest BCUT2D eigenvalue weighted by Gasteiger charge is -2.11. The van der Waals surface area contributed by atoms with Gasteiger partial charge in [0.05, 0.1) is 19.3 Å². The first-order valence-electron chi connectivity index (χ1n) is 7.11. The van der Waals surface area contributed by atoms with Crippen molar-refractivity contribution >= 4 is 34.7 Å². The van der Waals surface area contributed by atoms with Crippen molar-refractivity contribution in [1.82, 2.24) is 0 Å². The zero-order chi connectivity index (χ0) is 16.7. The van der Waals surface area contributed by atoms with E-state index < -0.39 is 0 Å². The monoisotopic (exact) mass is 330 g/mol.